The highest BCUT2D eigenvalue weighted by atomic mass is 16.7. The molecule has 10 heteroatoms. The van der Waals surface area contributed by atoms with Gasteiger partial charge in [-0.1, -0.05) is 24.3 Å². The Balaban J connectivity index is 1.94. The van der Waals surface area contributed by atoms with Crippen molar-refractivity contribution in [2.45, 2.75) is 58.4 Å². The molecule has 0 radical (unpaired) electrons. The molecule has 0 N–H and O–H groups in total. The minimum Gasteiger partial charge on any atom is -0.456 e. The van der Waals surface area contributed by atoms with Gasteiger partial charge < -0.3 is 23.7 Å². The van der Waals surface area contributed by atoms with Crippen molar-refractivity contribution in [1.82, 2.24) is 0 Å². The van der Waals surface area contributed by atoms with Crippen LogP contribution in [0.3, 0.4) is 0 Å². The summed E-state index contributed by atoms with van der Waals surface area (Å²) in [6, 6.07) is 6.24. The summed E-state index contributed by atoms with van der Waals surface area (Å²) in [5.74, 6) is -3.49. The summed E-state index contributed by atoms with van der Waals surface area (Å²) in [5.41, 5.74) is 0.379. The second-order valence-corrected chi connectivity index (χ2v) is 7.30. The number of hydrogen-bond donors (Lipinski definition) is 0. The van der Waals surface area contributed by atoms with Crippen molar-refractivity contribution in [3.05, 3.63) is 47.2 Å². The summed E-state index contributed by atoms with van der Waals surface area (Å²) in [6.07, 6.45) is -5.07. The largest absolute Gasteiger partial charge is 0.456 e. The van der Waals surface area contributed by atoms with Crippen molar-refractivity contribution in [2.75, 3.05) is 0 Å². The van der Waals surface area contributed by atoms with Gasteiger partial charge in [-0.15, -0.1) is 0 Å². The van der Waals surface area contributed by atoms with Gasteiger partial charge >= 0.3 is 17.9 Å². The highest BCUT2D eigenvalue weighted by molar-refractivity contribution is 6.23. The summed E-state index contributed by atoms with van der Waals surface area (Å²) in [4.78, 5) is 60.3. The molecule has 1 aromatic rings. The minimum absolute atomic E-state index is 0.150. The fourth-order valence-electron chi connectivity index (χ4n) is 3.57. The quantitative estimate of drug-likeness (QED) is 0.484. The van der Waals surface area contributed by atoms with Crippen LogP contribution < -0.4 is 0 Å². The van der Waals surface area contributed by atoms with Crippen molar-refractivity contribution in [1.29, 1.82) is 0 Å². The van der Waals surface area contributed by atoms with E-state index in [0.717, 1.165) is 26.8 Å². The van der Waals surface area contributed by atoms with Crippen molar-refractivity contribution in [3.8, 4) is 0 Å². The van der Waals surface area contributed by atoms with E-state index >= 15 is 0 Å². The van der Waals surface area contributed by atoms with Crippen molar-refractivity contribution in [3.63, 3.8) is 0 Å². The zero-order valence-electron chi connectivity index (χ0n) is 17.9. The fourth-order valence-corrected chi connectivity index (χ4v) is 3.57. The van der Waals surface area contributed by atoms with Gasteiger partial charge in [-0.05, 0) is 6.92 Å². The number of allylic oxidation sites excluding steroid dienone is 2. The lowest BCUT2D eigenvalue weighted by Gasteiger charge is -2.43. The Hall–Kier alpha value is -3.53. The molecule has 5 atom stereocenters. The molecule has 1 saturated heterocycles. The summed E-state index contributed by atoms with van der Waals surface area (Å²) in [7, 11) is 0. The molecule has 170 valence electrons. The van der Waals surface area contributed by atoms with E-state index in [2.05, 4.69) is 0 Å². The molecular formula is C22H22O10. The van der Waals surface area contributed by atoms with Crippen LogP contribution in [0.1, 0.15) is 48.4 Å². The van der Waals surface area contributed by atoms with E-state index in [9.17, 15) is 24.0 Å². The molecule has 1 aliphatic carbocycles. The van der Waals surface area contributed by atoms with Crippen LogP contribution in [0.15, 0.2) is 36.1 Å². The predicted octanol–water partition coefficient (Wildman–Crippen LogP) is 1.51. The maximum atomic E-state index is 12.9. The van der Waals surface area contributed by atoms with E-state index in [4.69, 9.17) is 23.7 Å². The Labute approximate surface area is 183 Å². The number of esters is 3. The lowest BCUT2D eigenvalue weighted by atomic mass is 9.93. The first kappa shape index (κ1) is 23.1. The Morgan fingerprint density at radius 2 is 1.34 bits per heavy atom. The van der Waals surface area contributed by atoms with Crippen molar-refractivity contribution >= 4 is 29.5 Å². The molecular weight excluding hydrogens is 424 g/mol. The number of carbonyl (C=O) groups is 5. The lowest BCUT2D eigenvalue weighted by molar-refractivity contribution is -0.291. The van der Waals surface area contributed by atoms with E-state index in [1.54, 1.807) is 12.1 Å². The van der Waals surface area contributed by atoms with Crippen LogP contribution in [0.25, 0.3) is 0 Å². The SMILES string of the molecule is CC(=O)O[C@H]1[C@H](OC(C)=O)[C@H](OC2=CC(=O)c3ccccc3C2=O)O[C@@H](C)[C@H]1OC(C)=O. The Morgan fingerprint density at radius 3 is 1.94 bits per heavy atom. The summed E-state index contributed by atoms with van der Waals surface area (Å²) in [6.45, 7) is 4.94. The number of benzene rings is 1. The number of carbonyl (C=O) groups excluding carboxylic acids is 5. The van der Waals surface area contributed by atoms with Gasteiger partial charge in [0.2, 0.25) is 18.2 Å². The smallest absolute Gasteiger partial charge is 0.303 e. The maximum absolute atomic E-state index is 12.9. The standard InChI is InChI=1S/C22H22O10/c1-10-19(29-11(2)23)20(30-12(3)24)21(31-13(4)25)22(28-10)32-17-9-16(26)14-7-5-6-8-15(14)18(17)27/h5-10,19-22H,1-4H3/t10-,19+,20+,21-,22-/m0/s1. The van der Waals surface area contributed by atoms with E-state index < -0.39 is 60.2 Å². The van der Waals surface area contributed by atoms with E-state index in [1.807, 2.05) is 0 Å². The van der Waals surface area contributed by atoms with E-state index in [0.29, 0.717) is 0 Å². The average molecular weight is 446 g/mol. The fraction of sp³-hybridized carbons (Fsp3) is 0.409. The highest BCUT2D eigenvalue weighted by Crippen LogP contribution is 2.32. The van der Waals surface area contributed by atoms with Crippen LogP contribution >= 0.6 is 0 Å². The molecule has 1 aromatic carbocycles. The molecule has 32 heavy (non-hydrogen) atoms. The van der Waals surface area contributed by atoms with Gasteiger partial charge in [0, 0.05) is 38.0 Å². The average Bonchev–Trinajstić information content (AvgIpc) is 2.70. The highest BCUT2D eigenvalue weighted by Gasteiger charge is 2.52. The Kier molecular flexibility index (Phi) is 6.73. The Bertz CT molecular complexity index is 994. The van der Waals surface area contributed by atoms with Crippen LogP contribution in [0.4, 0.5) is 0 Å². The van der Waals surface area contributed by atoms with E-state index in [-0.39, 0.29) is 16.9 Å². The van der Waals surface area contributed by atoms with Gasteiger partial charge in [0.05, 0.1) is 6.10 Å². The normalized spacial score (nSPS) is 27.0. The molecule has 2 aliphatic rings. The summed E-state index contributed by atoms with van der Waals surface area (Å²) in [5, 5.41) is 0. The molecule has 1 heterocycles. The van der Waals surface area contributed by atoms with Crippen LogP contribution in [0.5, 0.6) is 0 Å². The lowest BCUT2D eigenvalue weighted by Crippen LogP contribution is -2.61. The monoisotopic (exact) mass is 446 g/mol. The first-order valence-electron chi connectivity index (χ1n) is 9.82. The molecule has 0 spiro atoms. The molecule has 0 aromatic heterocycles. The van der Waals surface area contributed by atoms with Crippen LogP contribution in [0, 0.1) is 0 Å². The molecule has 1 aliphatic heterocycles. The van der Waals surface area contributed by atoms with Crippen molar-refractivity contribution in [2.24, 2.45) is 0 Å². The van der Waals surface area contributed by atoms with Gasteiger partial charge in [-0.3, -0.25) is 24.0 Å². The van der Waals surface area contributed by atoms with Crippen LogP contribution in [0.2, 0.25) is 0 Å². The van der Waals surface area contributed by atoms with Gasteiger partial charge in [0.1, 0.15) is 0 Å². The molecule has 3 rings (SSSR count). The van der Waals surface area contributed by atoms with Gasteiger partial charge in [-0.25, -0.2) is 0 Å². The number of ether oxygens (including phenoxy) is 5. The number of hydrogen-bond acceptors (Lipinski definition) is 10. The number of ketones is 2. The second kappa shape index (κ2) is 9.31. The third kappa shape index (κ3) is 4.86. The zero-order valence-corrected chi connectivity index (χ0v) is 17.9. The Morgan fingerprint density at radius 1 is 0.812 bits per heavy atom. The zero-order chi connectivity index (χ0) is 23.6. The third-order valence-electron chi connectivity index (χ3n) is 4.80. The predicted molar refractivity (Wildman–Crippen MR) is 105 cm³/mol. The number of fused-ring (bicyclic) bond motifs is 1. The van der Waals surface area contributed by atoms with Crippen LogP contribution in [-0.4, -0.2) is 60.2 Å². The minimum atomic E-state index is -1.43. The maximum Gasteiger partial charge on any atom is 0.303 e. The first-order chi connectivity index (χ1) is 15.1. The summed E-state index contributed by atoms with van der Waals surface area (Å²) < 4.78 is 27.2. The molecule has 10 nitrogen and oxygen atoms in total. The molecule has 0 amide bonds. The number of Topliss-reactive ketones (excluding diaryl/α,β-unsaturated/α-hetero) is 1. The topological polar surface area (TPSA) is 132 Å². The first-order valence-corrected chi connectivity index (χ1v) is 9.82. The van der Waals surface area contributed by atoms with Crippen LogP contribution in [-0.2, 0) is 38.1 Å². The number of rotatable bonds is 5. The summed E-state index contributed by atoms with van der Waals surface area (Å²) >= 11 is 0. The molecule has 1 fully saturated rings. The van der Waals surface area contributed by atoms with Gasteiger partial charge in [-0.2, -0.15) is 0 Å². The molecule has 0 unspecified atom stereocenters. The van der Waals surface area contributed by atoms with Gasteiger partial charge in [0.25, 0.3) is 0 Å². The van der Waals surface area contributed by atoms with Gasteiger partial charge in [0.15, 0.2) is 23.8 Å². The molecule has 0 saturated carbocycles. The van der Waals surface area contributed by atoms with E-state index in [1.165, 1.54) is 19.1 Å². The van der Waals surface area contributed by atoms with Crippen molar-refractivity contribution < 1.29 is 47.7 Å². The molecule has 0 bridgehead atoms. The third-order valence-corrected chi connectivity index (χ3v) is 4.80. The second-order valence-electron chi connectivity index (χ2n) is 7.30.